The number of hydrogen-bond acceptors (Lipinski definition) is 7. The van der Waals surface area contributed by atoms with Crippen LogP contribution >= 0.6 is 0 Å². The molecule has 0 bridgehead atoms. The first kappa shape index (κ1) is 30.6. The third kappa shape index (κ3) is 5.99. The zero-order chi connectivity index (χ0) is 31.7. The number of esters is 1. The molecule has 0 saturated carbocycles. The molecule has 1 fully saturated rings. The Hall–Kier alpha value is -4.81. The normalized spacial score (nSPS) is 13.8. The quantitative estimate of drug-likeness (QED) is 0.283. The molecule has 12 nitrogen and oxygen atoms in total. The average molecular weight is 606 g/mol. The minimum atomic E-state index is -0.561. The second kappa shape index (κ2) is 12.4. The van der Waals surface area contributed by atoms with Crippen LogP contribution in [0.25, 0.3) is 32.9 Å². The molecule has 0 N–H and O–H groups in total. The lowest BCUT2D eigenvalue weighted by atomic mass is 9.89. The third-order valence-corrected chi connectivity index (χ3v) is 8.36. The molecule has 2 aromatic heterocycles. The monoisotopic (exact) mass is 605 g/mol. The predicted octanol–water partition coefficient (Wildman–Crippen LogP) is 2.54. The number of likely N-dealkylation sites (N-methyl/N-ethyl adjacent to an activating group) is 2. The Kier molecular flexibility index (Phi) is 8.66. The summed E-state index contributed by atoms with van der Waals surface area (Å²) in [6.45, 7) is 2.10. The van der Waals surface area contributed by atoms with Crippen LogP contribution in [0.3, 0.4) is 0 Å². The van der Waals surface area contributed by atoms with E-state index in [1.165, 1.54) is 37.1 Å². The molecule has 1 saturated heterocycles. The fourth-order valence-corrected chi connectivity index (χ4v) is 5.74. The van der Waals surface area contributed by atoms with Crippen molar-refractivity contribution >= 4 is 45.5 Å². The molecule has 13 heteroatoms. The summed E-state index contributed by atoms with van der Waals surface area (Å²) < 4.78 is 23.5. The molecule has 2 aromatic carbocycles. The highest BCUT2D eigenvalue weighted by molar-refractivity contribution is 6.00. The van der Waals surface area contributed by atoms with Gasteiger partial charge in [0.25, 0.3) is 0 Å². The fourth-order valence-electron chi connectivity index (χ4n) is 5.74. The van der Waals surface area contributed by atoms with Gasteiger partial charge in [-0.15, -0.1) is 0 Å². The van der Waals surface area contributed by atoms with Gasteiger partial charge < -0.3 is 19.4 Å². The summed E-state index contributed by atoms with van der Waals surface area (Å²) >= 11 is 0. The molecule has 232 valence electrons. The van der Waals surface area contributed by atoms with Crippen LogP contribution in [-0.2, 0) is 37.5 Å². The first-order valence-electron chi connectivity index (χ1n) is 14.4. The van der Waals surface area contributed by atoms with Crippen molar-refractivity contribution in [2.24, 2.45) is 7.05 Å². The third-order valence-electron chi connectivity index (χ3n) is 8.36. The molecule has 3 heterocycles. The van der Waals surface area contributed by atoms with E-state index in [0.29, 0.717) is 48.0 Å². The minimum Gasteiger partial charge on any atom is -0.468 e. The van der Waals surface area contributed by atoms with Crippen molar-refractivity contribution < 1.29 is 28.3 Å². The number of aromatic nitrogens is 4. The van der Waals surface area contributed by atoms with Gasteiger partial charge in [-0.2, -0.15) is 10.2 Å². The van der Waals surface area contributed by atoms with Gasteiger partial charge in [0.1, 0.15) is 18.9 Å². The maximum atomic E-state index is 15.6. The number of carbonyl (C=O) groups is 4. The van der Waals surface area contributed by atoms with Crippen molar-refractivity contribution in [1.82, 2.24) is 34.3 Å². The number of carbonyl (C=O) groups excluding carboxylic acids is 4. The van der Waals surface area contributed by atoms with E-state index in [-0.39, 0.29) is 37.4 Å². The Labute approximate surface area is 253 Å². The molecule has 1 aliphatic rings. The average Bonchev–Trinajstić information content (AvgIpc) is 3.56. The number of rotatable bonds is 8. The first-order chi connectivity index (χ1) is 21.0. The van der Waals surface area contributed by atoms with Crippen LogP contribution in [0.5, 0.6) is 0 Å². The molecule has 4 aromatic rings. The molecule has 3 amide bonds. The van der Waals surface area contributed by atoms with Gasteiger partial charge >= 0.3 is 5.97 Å². The number of benzene rings is 2. The minimum absolute atomic E-state index is 0.0135. The number of amides is 3. The highest BCUT2D eigenvalue weighted by atomic mass is 19.1. The van der Waals surface area contributed by atoms with E-state index in [9.17, 15) is 19.2 Å². The standard InChI is InChI=1S/C31H36FN7O5/c1-19(40)38-11-9-20(10-12-38)31-30-22(23-14-26-21(13-24(23)32)15-33-37(26)4)7-6-8-25(30)39(34-31)17-28(42)35(2)16-27(41)36(3)18-29(43)44-5/h6-8,13-15,20H,9-12,16-18H2,1-5H3. The molecular weight excluding hydrogens is 569 g/mol. The van der Waals surface area contributed by atoms with Gasteiger partial charge in [0.15, 0.2) is 0 Å². The van der Waals surface area contributed by atoms with Gasteiger partial charge in [0.2, 0.25) is 17.7 Å². The van der Waals surface area contributed by atoms with Crippen molar-refractivity contribution in [1.29, 1.82) is 0 Å². The molecular formula is C31H36FN7O5. The van der Waals surface area contributed by atoms with Gasteiger partial charge in [-0.1, -0.05) is 12.1 Å². The largest absolute Gasteiger partial charge is 0.468 e. The second-order valence-corrected chi connectivity index (χ2v) is 11.3. The number of nitrogens with zero attached hydrogens (tertiary/aromatic N) is 7. The fraction of sp³-hybridized carbons (Fsp3) is 0.419. The van der Waals surface area contributed by atoms with Gasteiger partial charge in [-0.25, -0.2) is 4.39 Å². The van der Waals surface area contributed by atoms with Gasteiger partial charge in [-0.3, -0.25) is 28.5 Å². The highest BCUT2D eigenvalue weighted by Crippen LogP contribution is 2.39. The summed E-state index contributed by atoms with van der Waals surface area (Å²) in [6, 6.07) is 8.76. The molecule has 0 atom stereocenters. The summed E-state index contributed by atoms with van der Waals surface area (Å²) in [6.07, 6.45) is 2.98. The van der Waals surface area contributed by atoms with Crippen molar-refractivity contribution in [3.8, 4) is 11.1 Å². The van der Waals surface area contributed by atoms with Crippen molar-refractivity contribution in [2.75, 3.05) is 47.4 Å². The molecule has 0 unspecified atom stereocenters. The smallest absolute Gasteiger partial charge is 0.325 e. The number of ether oxygens (including phenoxy) is 1. The van der Waals surface area contributed by atoms with Crippen molar-refractivity contribution in [3.05, 3.63) is 48.0 Å². The van der Waals surface area contributed by atoms with E-state index in [4.69, 9.17) is 5.10 Å². The molecule has 44 heavy (non-hydrogen) atoms. The van der Waals surface area contributed by atoms with E-state index >= 15 is 4.39 Å². The van der Waals surface area contributed by atoms with Crippen LogP contribution in [0.4, 0.5) is 4.39 Å². The topological polar surface area (TPSA) is 123 Å². The summed E-state index contributed by atoms with van der Waals surface area (Å²) in [5.74, 6) is -1.73. The van der Waals surface area contributed by atoms with Crippen LogP contribution in [0.2, 0.25) is 0 Å². The van der Waals surface area contributed by atoms with E-state index in [1.54, 1.807) is 40.5 Å². The Balaban J connectivity index is 1.51. The van der Waals surface area contributed by atoms with Crippen LogP contribution in [0.1, 0.15) is 31.4 Å². The summed E-state index contributed by atoms with van der Waals surface area (Å²) in [5, 5.41) is 10.6. The molecule has 0 spiro atoms. The lowest BCUT2D eigenvalue weighted by Gasteiger charge is -2.30. The summed E-state index contributed by atoms with van der Waals surface area (Å²) in [5.41, 5.74) is 3.23. The zero-order valence-corrected chi connectivity index (χ0v) is 25.5. The number of aryl methyl sites for hydroxylation is 1. The van der Waals surface area contributed by atoms with Gasteiger partial charge in [0.05, 0.1) is 36.6 Å². The lowest BCUT2D eigenvalue weighted by Crippen LogP contribution is -2.42. The molecule has 0 aliphatic carbocycles. The number of methoxy groups -OCH3 is 1. The number of halogens is 1. The SMILES string of the molecule is COC(=O)CN(C)C(=O)CN(C)C(=O)Cn1nc(C2CCN(C(C)=O)CC2)c2c(-c3cc4c(cnn4C)cc3F)cccc21. The van der Waals surface area contributed by atoms with Crippen LogP contribution in [0.15, 0.2) is 36.5 Å². The van der Waals surface area contributed by atoms with E-state index in [0.717, 1.165) is 16.6 Å². The second-order valence-electron chi connectivity index (χ2n) is 11.3. The summed E-state index contributed by atoms with van der Waals surface area (Å²) in [7, 11) is 6.02. The van der Waals surface area contributed by atoms with Crippen molar-refractivity contribution in [2.45, 2.75) is 32.2 Å². The molecule has 0 radical (unpaired) electrons. The number of fused-ring (bicyclic) bond motifs is 2. The van der Waals surface area contributed by atoms with E-state index in [2.05, 4.69) is 9.84 Å². The Morgan fingerprint density at radius 3 is 2.39 bits per heavy atom. The van der Waals surface area contributed by atoms with Crippen LogP contribution in [-0.4, -0.2) is 105 Å². The Bertz CT molecular complexity index is 1760. The zero-order valence-electron chi connectivity index (χ0n) is 25.5. The van der Waals surface area contributed by atoms with Gasteiger partial charge in [-0.05, 0) is 36.6 Å². The Morgan fingerprint density at radius 1 is 1.00 bits per heavy atom. The van der Waals surface area contributed by atoms with Gasteiger partial charge in [0, 0.05) is 63.4 Å². The molecule has 1 aliphatic heterocycles. The highest BCUT2D eigenvalue weighted by Gasteiger charge is 2.29. The number of likely N-dealkylation sites (tertiary alicyclic amines) is 1. The number of hydrogen-bond donors (Lipinski definition) is 0. The lowest BCUT2D eigenvalue weighted by molar-refractivity contribution is -0.147. The van der Waals surface area contributed by atoms with Crippen LogP contribution in [0, 0.1) is 5.82 Å². The Morgan fingerprint density at radius 2 is 1.70 bits per heavy atom. The first-order valence-corrected chi connectivity index (χ1v) is 14.4. The van der Waals surface area contributed by atoms with Crippen LogP contribution < -0.4 is 0 Å². The molecule has 5 rings (SSSR count). The number of piperidine rings is 1. The maximum absolute atomic E-state index is 15.6. The van der Waals surface area contributed by atoms with E-state index < -0.39 is 17.7 Å². The predicted molar refractivity (Wildman–Crippen MR) is 161 cm³/mol. The maximum Gasteiger partial charge on any atom is 0.325 e. The van der Waals surface area contributed by atoms with E-state index in [1.807, 2.05) is 18.2 Å². The van der Waals surface area contributed by atoms with Crippen molar-refractivity contribution in [3.63, 3.8) is 0 Å². The summed E-state index contributed by atoms with van der Waals surface area (Å²) in [4.78, 5) is 53.8.